The Morgan fingerprint density at radius 2 is 2.24 bits per heavy atom. The minimum absolute atomic E-state index is 0. The third-order valence-electron chi connectivity index (χ3n) is 3.65. The highest BCUT2D eigenvalue weighted by atomic mass is 127. The van der Waals surface area contributed by atoms with E-state index in [9.17, 15) is 0 Å². The molecule has 2 aromatic rings. The molecule has 0 radical (unpaired) electrons. The zero-order valence-corrected chi connectivity index (χ0v) is 20.0. The first-order chi connectivity index (χ1) is 11.5. The smallest absolute Gasteiger partial charge is 0.194 e. The minimum atomic E-state index is 0. The Kier molecular flexibility index (Phi) is 10.0. The van der Waals surface area contributed by atoms with Gasteiger partial charge in [0.15, 0.2) is 5.96 Å². The second kappa shape index (κ2) is 11.2. The lowest BCUT2D eigenvalue weighted by molar-refractivity contribution is 0.461. The molecule has 0 aliphatic rings. The number of aromatic nitrogens is 2. The van der Waals surface area contributed by atoms with Crippen molar-refractivity contribution in [1.29, 1.82) is 0 Å². The van der Waals surface area contributed by atoms with Gasteiger partial charge in [0, 0.05) is 61.0 Å². The fourth-order valence-electron chi connectivity index (χ4n) is 2.44. The summed E-state index contributed by atoms with van der Waals surface area (Å²) in [7, 11) is 4.14. The first kappa shape index (κ1) is 22.4. The highest BCUT2D eigenvalue weighted by Gasteiger charge is 2.09. The highest BCUT2D eigenvalue weighted by molar-refractivity contribution is 14.0. The van der Waals surface area contributed by atoms with Crippen LogP contribution in [-0.4, -0.2) is 40.5 Å². The number of hydrogen-bond donors (Lipinski definition) is 1. The van der Waals surface area contributed by atoms with Crippen LogP contribution in [0.2, 0.25) is 0 Å². The average molecular weight is 540 g/mol. The van der Waals surface area contributed by atoms with Crippen LogP contribution >= 0.6 is 51.2 Å². The number of thiazole rings is 1. The van der Waals surface area contributed by atoms with Crippen LogP contribution in [0.15, 0.2) is 27.1 Å². The molecule has 0 aliphatic heterocycles. The van der Waals surface area contributed by atoms with Crippen LogP contribution in [0.25, 0.3) is 0 Å². The molecule has 0 bridgehead atoms. The van der Waals surface area contributed by atoms with E-state index in [2.05, 4.69) is 74.4 Å². The number of halogens is 2. The van der Waals surface area contributed by atoms with Crippen molar-refractivity contribution >= 4 is 57.2 Å². The SMILES string of the molecule is CCNC(=NCCCc1nc(C)cs1)N(C)Cc1cc(Br)cn1C.I. The van der Waals surface area contributed by atoms with Gasteiger partial charge in [-0.05, 0) is 42.3 Å². The van der Waals surface area contributed by atoms with Gasteiger partial charge in [-0.25, -0.2) is 4.98 Å². The Labute approximate surface area is 180 Å². The molecule has 1 N–H and O–H groups in total. The number of hydrogen-bond acceptors (Lipinski definition) is 3. The van der Waals surface area contributed by atoms with E-state index in [0.29, 0.717) is 0 Å². The van der Waals surface area contributed by atoms with Crippen LogP contribution in [0.4, 0.5) is 0 Å². The molecule has 25 heavy (non-hydrogen) atoms. The summed E-state index contributed by atoms with van der Waals surface area (Å²) in [4.78, 5) is 11.4. The summed E-state index contributed by atoms with van der Waals surface area (Å²) in [6.07, 6.45) is 4.09. The van der Waals surface area contributed by atoms with Gasteiger partial charge in [0.2, 0.25) is 0 Å². The van der Waals surface area contributed by atoms with E-state index in [1.165, 1.54) is 10.7 Å². The normalized spacial score (nSPS) is 11.3. The zero-order valence-electron chi connectivity index (χ0n) is 15.3. The van der Waals surface area contributed by atoms with Crippen molar-refractivity contribution in [1.82, 2.24) is 19.8 Å². The van der Waals surface area contributed by atoms with Gasteiger partial charge in [-0.15, -0.1) is 35.3 Å². The molecule has 0 amide bonds. The summed E-state index contributed by atoms with van der Waals surface area (Å²) < 4.78 is 3.24. The monoisotopic (exact) mass is 539 g/mol. The fourth-order valence-corrected chi connectivity index (χ4v) is 3.83. The van der Waals surface area contributed by atoms with E-state index in [-0.39, 0.29) is 24.0 Å². The molecule has 0 fully saturated rings. The Hall–Kier alpha value is -0.610. The summed E-state index contributed by atoms with van der Waals surface area (Å²) in [6, 6.07) is 2.14. The summed E-state index contributed by atoms with van der Waals surface area (Å²) in [6.45, 7) is 6.63. The highest BCUT2D eigenvalue weighted by Crippen LogP contribution is 2.15. The maximum Gasteiger partial charge on any atom is 0.194 e. The van der Waals surface area contributed by atoms with Gasteiger partial charge in [-0.3, -0.25) is 4.99 Å². The number of nitrogens with zero attached hydrogens (tertiary/aromatic N) is 4. The molecule has 0 spiro atoms. The van der Waals surface area contributed by atoms with Gasteiger partial charge in [-0.1, -0.05) is 0 Å². The van der Waals surface area contributed by atoms with Gasteiger partial charge < -0.3 is 14.8 Å². The molecular formula is C17H27BrIN5S. The lowest BCUT2D eigenvalue weighted by Crippen LogP contribution is -2.38. The largest absolute Gasteiger partial charge is 0.357 e. The summed E-state index contributed by atoms with van der Waals surface area (Å²) in [5.41, 5.74) is 2.36. The predicted octanol–water partition coefficient (Wildman–Crippen LogP) is 4.20. The minimum Gasteiger partial charge on any atom is -0.357 e. The predicted molar refractivity (Wildman–Crippen MR) is 121 cm³/mol. The second-order valence-corrected chi connectivity index (χ2v) is 7.70. The number of aryl methyl sites for hydroxylation is 3. The lowest BCUT2D eigenvalue weighted by Gasteiger charge is -2.22. The lowest BCUT2D eigenvalue weighted by atomic mass is 10.3. The molecule has 2 heterocycles. The molecule has 8 heteroatoms. The summed E-state index contributed by atoms with van der Waals surface area (Å²) in [5, 5.41) is 6.68. The topological polar surface area (TPSA) is 45.5 Å². The Bertz CT molecular complexity index is 682. The van der Waals surface area contributed by atoms with Crippen molar-refractivity contribution in [3.63, 3.8) is 0 Å². The Balaban J connectivity index is 0.00000312. The van der Waals surface area contributed by atoms with Crippen molar-refractivity contribution < 1.29 is 0 Å². The van der Waals surface area contributed by atoms with Crippen LogP contribution in [0.5, 0.6) is 0 Å². The number of rotatable bonds is 7. The third kappa shape index (κ3) is 7.26. The van der Waals surface area contributed by atoms with Gasteiger partial charge in [0.05, 0.1) is 11.6 Å². The number of nitrogens with one attached hydrogen (secondary N) is 1. The molecule has 2 aromatic heterocycles. The number of aliphatic imine (C=N–C) groups is 1. The van der Waals surface area contributed by atoms with E-state index in [1.807, 2.05) is 6.92 Å². The van der Waals surface area contributed by atoms with Crippen LogP contribution < -0.4 is 5.32 Å². The van der Waals surface area contributed by atoms with Crippen LogP contribution in [-0.2, 0) is 20.0 Å². The molecule has 140 valence electrons. The van der Waals surface area contributed by atoms with Crippen LogP contribution in [0.1, 0.15) is 29.7 Å². The molecule has 0 saturated carbocycles. The second-order valence-electron chi connectivity index (χ2n) is 5.84. The van der Waals surface area contributed by atoms with E-state index in [4.69, 9.17) is 4.99 Å². The maximum atomic E-state index is 4.76. The van der Waals surface area contributed by atoms with Crippen molar-refractivity contribution in [2.24, 2.45) is 12.0 Å². The van der Waals surface area contributed by atoms with Crippen molar-refractivity contribution in [3.8, 4) is 0 Å². The van der Waals surface area contributed by atoms with Gasteiger partial charge in [0.1, 0.15) is 0 Å². The van der Waals surface area contributed by atoms with E-state index < -0.39 is 0 Å². The van der Waals surface area contributed by atoms with Gasteiger partial charge >= 0.3 is 0 Å². The van der Waals surface area contributed by atoms with Gasteiger partial charge in [0.25, 0.3) is 0 Å². The van der Waals surface area contributed by atoms with Crippen molar-refractivity contribution in [2.75, 3.05) is 20.1 Å². The molecule has 0 aromatic carbocycles. The van der Waals surface area contributed by atoms with Crippen molar-refractivity contribution in [3.05, 3.63) is 38.5 Å². The van der Waals surface area contributed by atoms with Crippen molar-refractivity contribution in [2.45, 2.75) is 33.2 Å². The quantitative estimate of drug-likeness (QED) is 0.248. The molecule has 0 unspecified atom stereocenters. The molecule has 5 nitrogen and oxygen atoms in total. The third-order valence-corrected chi connectivity index (χ3v) is 5.11. The van der Waals surface area contributed by atoms with Crippen LogP contribution in [0, 0.1) is 6.92 Å². The number of guanidine groups is 1. The van der Waals surface area contributed by atoms with Crippen LogP contribution in [0.3, 0.4) is 0 Å². The summed E-state index contributed by atoms with van der Waals surface area (Å²) in [5.74, 6) is 0.949. The van der Waals surface area contributed by atoms with E-state index >= 15 is 0 Å². The maximum absolute atomic E-state index is 4.76. The van der Waals surface area contributed by atoms with E-state index in [0.717, 1.165) is 48.6 Å². The first-order valence-electron chi connectivity index (χ1n) is 8.20. The Morgan fingerprint density at radius 3 is 2.80 bits per heavy atom. The van der Waals surface area contributed by atoms with Gasteiger partial charge in [-0.2, -0.15) is 0 Å². The molecular weight excluding hydrogens is 513 g/mol. The Morgan fingerprint density at radius 1 is 1.48 bits per heavy atom. The first-order valence-corrected chi connectivity index (χ1v) is 9.88. The molecule has 2 rings (SSSR count). The standard InChI is InChI=1S/C17H26BrN5S.HI/c1-5-19-17(20-8-6-7-16-21-13(2)12-24-16)23(4)11-15-9-14(18)10-22(15)3;/h9-10,12H,5-8,11H2,1-4H3,(H,19,20);1H. The fraction of sp³-hybridized carbons (Fsp3) is 0.529. The molecule has 0 atom stereocenters. The molecule has 0 saturated heterocycles. The zero-order chi connectivity index (χ0) is 17.5. The molecule has 0 aliphatic carbocycles. The average Bonchev–Trinajstić information content (AvgIpc) is 3.07. The summed E-state index contributed by atoms with van der Waals surface area (Å²) >= 11 is 5.26. The van der Waals surface area contributed by atoms with E-state index in [1.54, 1.807) is 11.3 Å².